The minimum absolute atomic E-state index is 0.173. The molecular weight excluding hydrogens is 827 g/mol. The van der Waals surface area contributed by atoms with Crippen LogP contribution >= 0.6 is 0 Å². The second-order valence-electron chi connectivity index (χ2n) is 21.0. The molecule has 2 atom stereocenters. The Morgan fingerprint density at radius 1 is 0.394 bits per heavy atom. The fourth-order valence-corrected chi connectivity index (χ4v) is 8.66. The number of ether oxygens (including phenoxy) is 4. The highest BCUT2D eigenvalue weighted by Gasteiger charge is 2.25. The maximum absolute atomic E-state index is 12.8. The Labute approximate surface area is 409 Å². The number of aliphatic carboxylic acids is 1. The lowest BCUT2D eigenvalue weighted by Gasteiger charge is -2.25. The van der Waals surface area contributed by atoms with Gasteiger partial charge in [0.2, 0.25) is 0 Å². The van der Waals surface area contributed by atoms with Crippen molar-refractivity contribution in [3.63, 3.8) is 0 Å². The Kier molecular flexibility index (Phi) is 48.4. The molecule has 1 N–H and O–H groups in total. The van der Waals surface area contributed by atoms with Crippen LogP contribution < -0.4 is 0 Å². The first-order chi connectivity index (χ1) is 32.1. The van der Waals surface area contributed by atoms with E-state index in [9.17, 15) is 19.5 Å². The zero-order chi connectivity index (χ0) is 48.4. The van der Waals surface area contributed by atoms with E-state index in [1.807, 2.05) is 21.1 Å². The van der Waals surface area contributed by atoms with Gasteiger partial charge in [0.25, 0.3) is 6.29 Å². The van der Waals surface area contributed by atoms with Crippen molar-refractivity contribution in [2.45, 2.75) is 302 Å². The number of carbonyl (C=O) groups is 3. The largest absolute Gasteiger partial charge is 0.477 e. The molecule has 0 aliphatic heterocycles. The van der Waals surface area contributed by atoms with Crippen molar-refractivity contribution >= 4 is 17.9 Å². The van der Waals surface area contributed by atoms with Crippen LogP contribution in [0.1, 0.15) is 290 Å². The quantitative estimate of drug-likeness (QED) is 0.0278. The number of nitrogens with zero attached hydrogens (tertiary/aromatic N) is 1. The maximum atomic E-state index is 12.8. The van der Waals surface area contributed by atoms with E-state index in [1.54, 1.807) is 0 Å². The van der Waals surface area contributed by atoms with Gasteiger partial charge in [0, 0.05) is 12.8 Å². The maximum Gasteiger partial charge on any atom is 0.361 e. The summed E-state index contributed by atoms with van der Waals surface area (Å²) in [5.41, 5.74) is 0. The van der Waals surface area contributed by atoms with Crippen LogP contribution in [0.25, 0.3) is 0 Å². The Balaban J connectivity index is 4.06. The van der Waals surface area contributed by atoms with Crippen molar-refractivity contribution in [2.75, 3.05) is 47.5 Å². The molecule has 2 unspecified atom stereocenters. The predicted octanol–water partition coefficient (Wildman–Crippen LogP) is 16.4. The third kappa shape index (κ3) is 50.2. The molecule has 0 bridgehead atoms. The van der Waals surface area contributed by atoms with Crippen molar-refractivity contribution in [3.8, 4) is 0 Å². The molecule has 0 radical (unpaired) electrons. The number of unbranched alkanes of at least 4 members (excludes halogenated alkanes) is 39. The first-order valence-electron chi connectivity index (χ1n) is 28.7. The van der Waals surface area contributed by atoms with Crippen molar-refractivity contribution < 1.29 is 42.9 Å². The lowest BCUT2D eigenvalue weighted by atomic mass is 10.0. The number of hydrogen-bond acceptors (Lipinski definition) is 7. The summed E-state index contributed by atoms with van der Waals surface area (Å²) in [7, 11) is 5.98. The van der Waals surface area contributed by atoms with E-state index in [-0.39, 0.29) is 38.2 Å². The highest BCUT2D eigenvalue weighted by molar-refractivity contribution is 5.71. The molecule has 0 rings (SSSR count). The highest BCUT2D eigenvalue weighted by atomic mass is 16.7. The van der Waals surface area contributed by atoms with Gasteiger partial charge in [-0.2, -0.15) is 0 Å². The number of rotatable bonds is 54. The topological polar surface area (TPSA) is 108 Å². The van der Waals surface area contributed by atoms with Gasteiger partial charge in [-0.1, -0.05) is 264 Å². The van der Waals surface area contributed by atoms with Crippen molar-refractivity contribution in [2.24, 2.45) is 0 Å². The first kappa shape index (κ1) is 64.3. The molecule has 0 aromatic rings. The van der Waals surface area contributed by atoms with E-state index in [0.717, 1.165) is 38.5 Å². The molecule has 66 heavy (non-hydrogen) atoms. The van der Waals surface area contributed by atoms with Crippen LogP contribution in [0.5, 0.6) is 0 Å². The normalized spacial score (nSPS) is 12.7. The van der Waals surface area contributed by atoms with Gasteiger partial charge in [0.1, 0.15) is 13.2 Å². The lowest BCUT2D eigenvalue weighted by Crippen LogP contribution is -2.40. The fraction of sp³-hybridized carbons (Fsp3) is 0.947. The Hall–Kier alpha value is -1.71. The molecule has 0 heterocycles. The summed E-state index contributed by atoms with van der Waals surface area (Å²) < 4.78 is 22.8. The number of hydrogen-bond donors (Lipinski definition) is 1. The van der Waals surface area contributed by atoms with Crippen LogP contribution in [0.4, 0.5) is 0 Å². The van der Waals surface area contributed by atoms with Crippen LogP contribution in [0, 0.1) is 0 Å². The van der Waals surface area contributed by atoms with Crippen LogP contribution in [0.2, 0.25) is 0 Å². The number of likely N-dealkylation sites (N-methyl/N-ethyl adjacent to an activating group) is 1. The average Bonchev–Trinajstić information content (AvgIpc) is 3.28. The Morgan fingerprint density at radius 3 is 0.970 bits per heavy atom. The number of carboxylic acid groups (broad SMARTS) is 1. The molecule has 0 fully saturated rings. The summed E-state index contributed by atoms with van der Waals surface area (Å²) >= 11 is 0. The molecule has 0 aromatic heterocycles. The van der Waals surface area contributed by atoms with Gasteiger partial charge in [-0.3, -0.25) is 9.59 Å². The van der Waals surface area contributed by atoms with Gasteiger partial charge in [-0.15, -0.1) is 0 Å². The molecule has 0 amide bonds. The smallest absolute Gasteiger partial charge is 0.361 e. The van der Waals surface area contributed by atoms with Gasteiger partial charge < -0.3 is 28.5 Å². The van der Waals surface area contributed by atoms with Crippen LogP contribution in [-0.4, -0.2) is 87.4 Å². The molecule has 0 aliphatic rings. The fourth-order valence-electron chi connectivity index (χ4n) is 8.66. The van der Waals surface area contributed by atoms with E-state index in [2.05, 4.69) is 13.8 Å². The van der Waals surface area contributed by atoms with Crippen molar-refractivity contribution in [1.29, 1.82) is 0 Å². The average molecular weight is 940 g/mol. The van der Waals surface area contributed by atoms with E-state index in [1.165, 1.54) is 225 Å². The summed E-state index contributed by atoms with van der Waals surface area (Å²) in [6.45, 7) is 4.93. The van der Waals surface area contributed by atoms with E-state index < -0.39 is 18.4 Å². The van der Waals surface area contributed by atoms with Crippen molar-refractivity contribution in [1.82, 2.24) is 0 Å². The molecule has 392 valence electrons. The Bertz CT molecular complexity index is 1050. The number of quaternary nitrogens is 1. The number of carboxylic acids is 1. The summed E-state index contributed by atoms with van der Waals surface area (Å²) in [5.74, 6) is -1.98. The zero-order valence-corrected chi connectivity index (χ0v) is 44.6. The van der Waals surface area contributed by atoms with Gasteiger partial charge in [0.15, 0.2) is 6.10 Å². The molecule has 0 saturated heterocycles. The monoisotopic (exact) mass is 939 g/mol. The van der Waals surface area contributed by atoms with Crippen molar-refractivity contribution in [3.05, 3.63) is 0 Å². The predicted molar refractivity (Wildman–Crippen MR) is 277 cm³/mol. The van der Waals surface area contributed by atoms with Gasteiger partial charge in [0.05, 0.1) is 34.4 Å². The summed E-state index contributed by atoms with van der Waals surface area (Å²) in [5, 5.41) is 9.67. The lowest BCUT2D eigenvalue weighted by molar-refractivity contribution is -0.870. The standard InChI is InChI=1S/C57H111NO8/c1-6-8-10-12-14-16-18-20-21-22-23-24-25-26-27-28-29-30-31-32-33-34-35-36-38-40-42-44-46-48-55(60)66-53(52-65-57(56(61)62)63-50-49-58(3,4)5)51-64-54(59)47-45-43-41-39-37-19-17-15-13-11-9-7-2/h53,57H,6-52H2,1-5H3/p+1. The van der Waals surface area contributed by atoms with Crippen LogP contribution in [0.3, 0.4) is 0 Å². The molecule has 9 nitrogen and oxygen atoms in total. The number of carbonyl (C=O) groups excluding carboxylic acids is 2. The minimum atomic E-state index is -1.50. The van der Waals surface area contributed by atoms with Crippen LogP contribution in [0.15, 0.2) is 0 Å². The number of esters is 2. The minimum Gasteiger partial charge on any atom is -0.477 e. The third-order valence-electron chi connectivity index (χ3n) is 13.1. The molecule has 0 spiro atoms. The molecule has 0 saturated carbocycles. The Morgan fingerprint density at radius 2 is 0.682 bits per heavy atom. The summed E-state index contributed by atoms with van der Waals surface area (Å²) in [4.78, 5) is 37.3. The second-order valence-corrected chi connectivity index (χ2v) is 21.0. The first-order valence-corrected chi connectivity index (χ1v) is 28.7. The van der Waals surface area contributed by atoms with E-state index >= 15 is 0 Å². The third-order valence-corrected chi connectivity index (χ3v) is 13.1. The highest BCUT2D eigenvalue weighted by Crippen LogP contribution is 2.18. The molecule has 9 heteroatoms. The molecule has 0 aliphatic carbocycles. The van der Waals surface area contributed by atoms with Crippen LogP contribution in [-0.2, 0) is 33.3 Å². The SMILES string of the molecule is CCCCCCCCCCCCCCCCCCCCCCCCCCCCCCCC(=O)OC(COC(=O)CCCCCCCCCCCCCC)COC(OCC[N+](C)(C)C)C(=O)O. The van der Waals surface area contributed by atoms with E-state index in [0.29, 0.717) is 17.4 Å². The van der Waals surface area contributed by atoms with Gasteiger partial charge in [-0.05, 0) is 12.8 Å². The molecule has 0 aromatic carbocycles. The van der Waals surface area contributed by atoms with Gasteiger partial charge >= 0.3 is 17.9 Å². The van der Waals surface area contributed by atoms with Gasteiger partial charge in [-0.25, -0.2) is 4.79 Å². The van der Waals surface area contributed by atoms with E-state index in [4.69, 9.17) is 18.9 Å². The zero-order valence-electron chi connectivity index (χ0n) is 44.6. The molecular formula is C57H112NO8+. The second kappa shape index (κ2) is 49.7. The summed E-state index contributed by atoms with van der Waals surface area (Å²) in [6, 6.07) is 0. The summed E-state index contributed by atoms with van der Waals surface area (Å²) in [6.07, 6.45) is 52.0.